The molecule has 0 bridgehead atoms. The van der Waals surface area contributed by atoms with Crippen LogP contribution in [0.4, 0.5) is 0 Å². The van der Waals surface area contributed by atoms with E-state index in [-0.39, 0.29) is 18.0 Å². The number of hydrogen-bond donors (Lipinski definition) is 0. The Morgan fingerprint density at radius 3 is 2.83 bits per heavy atom. The van der Waals surface area contributed by atoms with Crippen LogP contribution in [0.3, 0.4) is 0 Å². The highest BCUT2D eigenvalue weighted by atomic mass is 16.5. The number of esters is 1. The lowest BCUT2D eigenvalue weighted by Crippen LogP contribution is -2.24. The summed E-state index contributed by atoms with van der Waals surface area (Å²) < 4.78 is 9.78. The zero-order valence-electron chi connectivity index (χ0n) is 7.45. The second-order valence-electron chi connectivity index (χ2n) is 2.89. The quantitative estimate of drug-likeness (QED) is 0.460. The predicted octanol–water partition coefficient (Wildman–Crippen LogP) is 1.14. The Hall–Kier alpha value is -0.830. The van der Waals surface area contributed by atoms with E-state index in [1.807, 2.05) is 12.2 Å². The first-order valence-corrected chi connectivity index (χ1v) is 4.05. The Kier molecular flexibility index (Phi) is 3.29. The first-order chi connectivity index (χ1) is 5.77. The van der Waals surface area contributed by atoms with E-state index < -0.39 is 0 Å². The Labute approximate surface area is 72.4 Å². The van der Waals surface area contributed by atoms with Gasteiger partial charge in [-0.3, -0.25) is 4.79 Å². The summed E-state index contributed by atoms with van der Waals surface area (Å²) in [6.45, 7) is 0. The summed E-state index contributed by atoms with van der Waals surface area (Å²) in [6.07, 6.45) is 5.54. The van der Waals surface area contributed by atoms with Gasteiger partial charge in [0.05, 0.1) is 19.1 Å². The molecule has 0 saturated heterocycles. The SMILES string of the molecule is COC(=O)[C@@H]1CC=C[C@H](OC)C1. The number of carbonyl (C=O) groups is 1. The number of carbonyl (C=O) groups excluding carboxylic acids is 1. The molecule has 2 atom stereocenters. The van der Waals surface area contributed by atoms with Crippen LogP contribution in [-0.2, 0) is 14.3 Å². The molecule has 12 heavy (non-hydrogen) atoms. The highest BCUT2D eigenvalue weighted by Crippen LogP contribution is 2.21. The van der Waals surface area contributed by atoms with Crippen LogP contribution in [0, 0.1) is 5.92 Å². The van der Waals surface area contributed by atoms with Crippen molar-refractivity contribution in [3.8, 4) is 0 Å². The van der Waals surface area contributed by atoms with E-state index in [9.17, 15) is 4.79 Å². The first kappa shape index (κ1) is 9.26. The van der Waals surface area contributed by atoms with Crippen LogP contribution < -0.4 is 0 Å². The molecule has 3 heteroatoms. The molecule has 0 N–H and O–H groups in total. The van der Waals surface area contributed by atoms with Crippen LogP contribution in [0.5, 0.6) is 0 Å². The van der Waals surface area contributed by atoms with Crippen LogP contribution in [-0.4, -0.2) is 26.3 Å². The van der Waals surface area contributed by atoms with Crippen molar-refractivity contribution in [3.63, 3.8) is 0 Å². The van der Waals surface area contributed by atoms with Gasteiger partial charge in [0.2, 0.25) is 0 Å². The molecule has 0 aliphatic heterocycles. The van der Waals surface area contributed by atoms with E-state index in [0.29, 0.717) is 0 Å². The molecule has 0 aromatic heterocycles. The third kappa shape index (κ3) is 2.08. The molecule has 1 aliphatic rings. The maximum Gasteiger partial charge on any atom is 0.309 e. The van der Waals surface area contributed by atoms with E-state index in [1.165, 1.54) is 7.11 Å². The fourth-order valence-electron chi connectivity index (χ4n) is 1.38. The molecule has 0 unspecified atom stereocenters. The number of ether oxygens (including phenoxy) is 2. The van der Waals surface area contributed by atoms with Gasteiger partial charge in [-0.2, -0.15) is 0 Å². The number of rotatable bonds is 2. The fraction of sp³-hybridized carbons (Fsp3) is 0.667. The van der Waals surface area contributed by atoms with Gasteiger partial charge in [0.25, 0.3) is 0 Å². The van der Waals surface area contributed by atoms with Crippen molar-refractivity contribution in [1.82, 2.24) is 0 Å². The van der Waals surface area contributed by atoms with Crippen LogP contribution in [0.25, 0.3) is 0 Å². The van der Waals surface area contributed by atoms with Crippen molar-refractivity contribution >= 4 is 5.97 Å². The van der Waals surface area contributed by atoms with E-state index in [2.05, 4.69) is 4.74 Å². The van der Waals surface area contributed by atoms with Crippen LogP contribution in [0.1, 0.15) is 12.8 Å². The summed E-state index contributed by atoms with van der Waals surface area (Å²) >= 11 is 0. The van der Waals surface area contributed by atoms with Crippen LogP contribution in [0.15, 0.2) is 12.2 Å². The molecule has 3 nitrogen and oxygen atoms in total. The highest BCUT2D eigenvalue weighted by Gasteiger charge is 2.24. The lowest BCUT2D eigenvalue weighted by Gasteiger charge is -2.21. The van der Waals surface area contributed by atoms with Crippen LogP contribution >= 0.6 is 0 Å². The summed E-state index contributed by atoms with van der Waals surface area (Å²) in [4.78, 5) is 11.1. The monoisotopic (exact) mass is 170 g/mol. The minimum atomic E-state index is -0.138. The molecule has 0 heterocycles. The van der Waals surface area contributed by atoms with E-state index in [4.69, 9.17) is 4.74 Å². The van der Waals surface area contributed by atoms with Gasteiger partial charge in [0.15, 0.2) is 0 Å². The van der Waals surface area contributed by atoms with Gasteiger partial charge in [-0.25, -0.2) is 0 Å². The van der Waals surface area contributed by atoms with Gasteiger partial charge in [0.1, 0.15) is 0 Å². The molecule has 0 radical (unpaired) electrons. The zero-order chi connectivity index (χ0) is 8.97. The zero-order valence-corrected chi connectivity index (χ0v) is 7.45. The summed E-state index contributed by atoms with van der Waals surface area (Å²) in [7, 11) is 3.07. The second kappa shape index (κ2) is 4.26. The Morgan fingerprint density at radius 1 is 1.50 bits per heavy atom. The third-order valence-corrected chi connectivity index (χ3v) is 2.13. The number of methoxy groups -OCH3 is 2. The van der Waals surface area contributed by atoms with Gasteiger partial charge >= 0.3 is 5.97 Å². The topological polar surface area (TPSA) is 35.5 Å². The minimum Gasteiger partial charge on any atom is -0.469 e. The van der Waals surface area contributed by atoms with Gasteiger partial charge < -0.3 is 9.47 Å². The smallest absolute Gasteiger partial charge is 0.309 e. The molecule has 1 aliphatic carbocycles. The van der Waals surface area contributed by atoms with Gasteiger partial charge in [0, 0.05) is 7.11 Å². The Bertz CT molecular complexity index is 186. The lowest BCUT2D eigenvalue weighted by atomic mass is 9.93. The standard InChI is InChI=1S/C9H14O3/c1-11-8-5-3-4-7(6-8)9(10)12-2/h3,5,7-8H,4,6H2,1-2H3/t7-,8+/m1/s1. The molecular weight excluding hydrogens is 156 g/mol. The third-order valence-electron chi connectivity index (χ3n) is 2.13. The molecule has 0 amide bonds. The lowest BCUT2D eigenvalue weighted by molar-refractivity contribution is -0.146. The Morgan fingerprint density at radius 2 is 2.25 bits per heavy atom. The molecule has 0 fully saturated rings. The van der Waals surface area contributed by atoms with Crippen molar-refractivity contribution in [3.05, 3.63) is 12.2 Å². The maximum absolute atomic E-state index is 11.1. The average molecular weight is 170 g/mol. The van der Waals surface area contributed by atoms with Crippen molar-refractivity contribution < 1.29 is 14.3 Å². The van der Waals surface area contributed by atoms with Gasteiger partial charge in [-0.15, -0.1) is 0 Å². The van der Waals surface area contributed by atoms with E-state index >= 15 is 0 Å². The normalized spacial score (nSPS) is 28.5. The number of allylic oxidation sites excluding steroid dienone is 1. The molecule has 0 aromatic carbocycles. The largest absolute Gasteiger partial charge is 0.469 e. The molecule has 68 valence electrons. The molecular formula is C9H14O3. The minimum absolute atomic E-state index is 0.0232. The average Bonchev–Trinajstić information content (AvgIpc) is 2.17. The highest BCUT2D eigenvalue weighted by molar-refractivity contribution is 5.72. The Balaban J connectivity index is 2.49. The summed E-state index contributed by atoms with van der Waals surface area (Å²) in [5, 5.41) is 0. The molecule has 0 spiro atoms. The summed E-state index contributed by atoms with van der Waals surface area (Å²) in [6, 6.07) is 0. The van der Waals surface area contributed by atoms with Crippen molar-refractivity contribution in [1.29, 1.82) is 0 Å². The van der Waals surface area contributed by atoms with Gasteiger partial charge in [-0.05, 0) is 12.8 Å². The van der Waals surface area contributed by atoms with Crippen molar-refractivity contribution in [2.45, 2.75) is 18.9 Å². The molecule has 0 aromatic rings. The first-order valence-electron chi connectivity index (χ1n) is 4.05. The molecule has 0 saturated carbocycles. The second-order valence-corrected chi connectivity index (χ2v) is 2.89. The van der Waals surface area contributed by atoms with Crippen molar-refractivity contribution in [2.75, 3.05) is 14.2 Å². The maximum atomic E-state index is 11.1. The number of hydrogen-bond acceptors (Lipinski definition) is 3. The van der Waals surface area contributed by atoms with Crippen molar-refractivity contribution in [2.24, 2.45) is 5.92 Å². The molecule has 1 rings (SSSR count). The summed E-state index contributed by atoms with van der Waals surface area (Å²) in [5.41, 5.74) is 0. The fourth-order valence-corrected chi connectivity index (χ4v) is 1.38. The summed E-state index contributed by atoms with van der Waals surface area (Å²) in [5.74, 6) is -0.161. The van der Waals surface area contributed by atoms with Gasteiger partial charge in [-0.1, -0.05) is 12.2 Å². The van der Waals surface area contributed by atoms with Crippen LogP contribution in [0.2, 0.25) is 0 Å². The van der Waals surface area contributed by atoms with E-state index in [1.54, 1.807) is 7.11 Å². The predicted molar refractivity (Wildman–Crippen MR) is 44.7 cm³/mol. The van der Waals surface area contributed by atoms with E-state index in [0.717, 1.165) is 12.8 Å².